The molecule has 0 unspecified atom stereocenters. The molecule has 3 aromatic carbocycles. The normalized spacial score (nSPS) is 17.9. The predicted molar refractivity (Wildman–Crippen MR) is 168 cm³/mol. The quantitative estimate of drug-likeness (QED) is 0.318. The molecule has 0 fully saturated rings. The summed E-state index contributed by atoms with van der Waals surface area (Å²) < 4.78 is 13.8. The van der Waals surface area contributed by atoms with Gasteiger partial charge in [0.05, 0.1) is 32.5 Å². The molecule has 0 aliphatic carbocycles. The number of aliphatic hydroxyl groups is 1. The van der Waals surface area contributed by atoms with Crippen LogP contribution in [0.4, 0.5) is 10.5 Å². The van der Waals surface area contributed by atoms with Gasteiger partial charge in [0.1, 0.15) is 11.4 Å². The van der Waals surface area contributed by atoms with Gasteiger partial charge in [-0.15, -0.1) is 0 Å². The number of likely N-dealkylation sites (N-methyl/N-ethyl adjacent to an activating group) is 1. The van der Waals surface area contributed by atoms with E-state index in [0.29, 0.717) is 36.8 Å². The first-order chi connectivity index (χ1) is 20.7. The number of carbonyl (C=O) groups is 2. The summed E-state index contributed by atoms with van der Waals surface area (Å²) >= 11 is 0. The highest BCUT2D eigenvalue weighted by Gasteiger charge is 2.34. The number of aryl methyl sites for hydroxylation is 1. The molecule has 0 saturated heterocycles. The lowest BCUT2D eigenvalue weighted by Gasteiger charge is -2.35. The standard InChI is InChI=1S/C34H40N4O5/c1-22-18-38(23(2)20-39)33(40)32-31(28-12-8-9-13-29(28)37(32)4)27-11-7-6-10-24(27)21-43-30(22)19-36(3)34(41)35-25-14-16-26(42-5)17-15-25/h6-17,22-23,30,39H,18-21H2,1-5H3,(H,35,41)/t22-,23+,30+/m1/s1. The number of ether oxygens (including phenoxy) is 2. The molecule has 1 aromatic heterocycles. The molecular formula is C34H40N4O5. The summed E-state index contributed by atoms with van der Waals surface area (Å²) in [6.45, 7) is 4.66. The number of anilines is 1. The molecule has 5 rings (SSSR count). The molecule has 226 valence electrons. The van der Waals surface area contributed by atoms with Crippen LogP contribution in [0, 0.1) is 5.92 Å². The number of aromatic nitrogens is 1. The van der Waals surface area contributed by atoms with Gasteiger partial charge in [0.25, 0.3) is 5.91 Å². The van der Waals surface area contributed by atoms with Crippen LogP contribution >= 0.6 is 0 Å². The molecule has 1 aliphatic rings. The van der Waals surface area contributed by atoms with Gasteiger partial charge in [-0.05, 0) is 48.4 Å². The van der Waals surface area contributed by atoms with E-state index < -0.39 is 6.04 Å². The van der Waals surface area contributed by atoms with Gasteiger partial charge in [-0.25, -0.2) is 4.79 Å². The Morgan fingerprint density at radius 1 is 1.12 bits per heavy atom. The second-order valence-corrected chi connectivity index (χ2v) is 11.3. The Balaban J connectivity index is 1.51. The van der Waals surface area contributed by atoms with E-state index in [4.69, 9.17) is 9.47 Å². The first-order valence-electron chi connectivity index (χ1n) is 14.6. The smallest absolute Gasteiger partial charge is 0.321 e. The lowest BCUT2D eigenvalue weighted by molar-refractivity contribution is -0.0179. The van der Waals surface area contributed by atoms with Crippen molar-refractivity contribution in [1.82, 2.24) is 14.4 Å². The largest absolute Gasteiger partial charge is 0.497 e. The minimum absolute atomic E-state index is 0.150. The van der Waals surface area contributed by atoms with Crippen LogP contribution in [-0.2, 0) is 18.4 Å². The first-order valence-corrected chi connectivity index (χ1v) is 14.6. The molecule has 3 atom stereocenters. The first kappa shape index (κ1) is 30.1. The zero-order valence-corrected chi connectivity index (χ0v) is 25.4. The average Bonchev–Trinajstić information content (AvgIpc) is 3.32. The monoisotopic (exact) mass is 584 g/mol. The third-order valence-corrected chi connectivity index (χ3v) is 8.37. The van der Waals surface area contributed by atoms with E-state index in [-0.39, 0.29) is 30.6 Å². The topological polar surface area (TPSA) is 96.3 Å². The second kappa shape index (κ2) is 12.9. The molecule has 2 N–H and O–H groups in total. The van der Waals surface area contributed by atoms with Crippen molar-refractivity contribution in [2.45, 2.75) is 32.6 Å². The highest BCUT2D eigenvalue weighted by molar-refractivity contribution is 6.10. The van der Waals surface area contributed by atoms with Crippen LogP contribution in [0.25, 0.3) is 22.0 Å². The number of rotatable bonds is 6. The molecule has 9 heteroatoms. The summed E-state index contributed by atoms with van der Waals surface area (Å²) in [5, 5.41) is 14.1. The Labute approximate surface area is 252 Å². The molecule has 1 aliphatic heterocycles. The molecule has 43 heavy (non-hydrogen) atoms. The number of aliphatic hydroxyl groups excluding tert-OH is 1. The summed E-state index contributed by atoms with van der Waals surface area (Å²) in [5.74, 6) is 0.401. The van der Waals surface area contributed by atoms with Gasteiger partial charge >= 0.3 is 6.03 Å². The van der Waals surface area contributed by atoms with Crippen molar-refractivity contribution in [1.29, 1.82) is 0 Å². The predicted octanol–water partition coefficient (Wildman–Crippen LogP) is 5.38. The molecule has 2 heterocycles. The van der Waals surface area contributed by atoms with Gasteiger partial charge in [-0.1, -0.05) is 49.4 Å². The minimum Gasteiger partial charge on any atom is -0.497 e. The molecule has 0 bridgehead atoms. The van der Waals surface area contributed by atoms with E-state index in [2.05, 4.69) is 5.32 Å². The van der Waals surface area contributed by atoms with E-state index in [9.17, 15) is 14.7 Å². The Bertz CT molecular complexity index is 1600. The number of nitrogens with one attached hydrogen (secondary N) is 1. The van der Waals surface area contributed by atoms with Gasteiger partial charge in [0.15, 0.2) is 0 Å². The van der Waals surface area contributed by atoms with Crippen LogP contribution < -0.4 is 10.1 Å². The summed E-state index contributed by atoms with van der Waals surface area (Å²) in [5.41, 5.74) is 4.94. The summed E-state index contributed by atoms with van der Waals surface area (Å²) in [4.78, 5) is 31.0. The number of hydrogen-bond donors (Lipinski definition) is 2. The summed E-state index contributed by atoms with van der Waals surface area (Å²) in [6.07, 6.45) is -0.390. The van der Waals surface area contributed by atoms with Gasteiger partial charge < -0.3 is 34.3 Å². The van der Waals surface area contributed by atoms with Crippen LogP contribution in [0.5, 0.6) is 5.75 Å². The third kappa shape index (κ3) is 6.09. The van der Waals surface area contributed by atoms with Crippen molar-refractivity contribution >= 4 is 28.5 Å². The van der Waals surface area contributed by atoms with Gasteiger partial charge in [0, 0.05) is 55.3 Å². The zero-order valence-electron chi connectivity index (χ0n) is 25.4. The van der Waals surface area contributed by atoms with Gasteiger partial charge in [-0.3, -0.25) is 4.79 Å². The number of benzene rings is 3. The van der Waals surface area contributed by atoms with Gasteiger partial charge in [0.2, 0.25) is 0 Å². The SMILES string of the molecule is COc1ccc(NC(=O)N(C)C[C@@H]2OCc3ccccc3-c3c(n(C)c4ccccc34)C(=O)N([C@@H](C)CO)C[C@H]2C)cc1. The van der Waals surface area contributed by atoms with Crippen molar-refractivity contribution in [3.63, 3.8) is 0 Å². The maximum Gasteiger partial charge on any atom is 0.321 e. The van der Waals surface area contributed by atoms with Crippen LogP contribution in [0.1, 0.15) is 29.9 Å². The van der Waals surface area contributed by atoms with Gasteiger partial charge in [-0.2, -0.15) is 0 Å². The fourth-order valence-electron chi connectivity index (χ4n) is 5.77. The summed E-state index contributed by atoms with van der Waals surface area (Å²) in [7, 11) is 5.25. The Morgan fingerprint density at radius 2 is 1.81 bits per heavy atom. The van der Waals surface area contributed by atoms with Crippen LogP contribution in [0.15, 0.2) is 72.8 Å². The molecular weight excluding hydrogens is 544 g/mol. The van der Waals surface area contributed by atoms with Crippen LogP contribution in [0.2, 0.25) is 0 Å². The summed E-state index contributed by atoms with van der Waals surface area (Å²) in [6, 6.07) is 22.5. The lowest BCUT2D eigenvalue weighted by Crippen LogP contribution is -2.48. The van der Waals surface area contributed by atoms with E-state index in [0.717, 1.165) is 27.6 Å². The van der Waals surface area contributed by atoms with E-state index >= 15 is 0 Å². The number of amides is 3. The maximum atomic E-state index is 14.5. The fraction of sp³-hybridized carbons (Fsp3) is 0.353. The lowest BCUT2D eigenvalue weighted by atomic mass is 9.96. The number of methoxy groups -OCH3 is 1. The number of fused-ring (bicyclic) bond motifs is 5. The molecule has 0 radical (unpaired) electrons. The average molecular weight is 585 g/mol. The zero-order chi connectivity index (χ0) is 30.7. The van der Waals surface area contributed by atoms with Crippen LogP contribution in [0.3, 0.4) is 0 Å². The van der Waals surface area contributed by atoms with E-state index in [1.54, 1.807) is 48.2 Å². The molecule has 3 amide bonds. The highest BCUT2D eigenvalue weighted by atomic mass is 16.5. The van der Waals surface area contributed by atoms with Crippen molar-refractivity contribution in [2.24, 2.45) is 13.0 Å². The molecule has 0 spiro atoms. The number of para-hydroxylation sites is 1. The third-order valence-electron chi connectivity index (χ3n) is 8.37. The van der Waals surface area contributed by atoms with Crippen LogP contribution in [-0.4, -0.2) is 77.4 Å². The highest BCUT2D eigenvalue weighted by Crippen LogP contribution is 2.38. The van der Waals surface area contributed by atoms with Crippen molar-refractivity contribution in [3.05, 3.63) is 84.1 Å². The molecule has 0 saturated carbocycles. The Hall–Kier alpha value is -4.34. The van der Waals surface area contributed by atoms with E-state index in [1.807, 2.05) is 74.0 Å². The fourth-order valence-corrected chi connectivity index (χ4v) is 5.77. The van der Waals surface area contributed by atoms with E-state index in [1.165, 1.54) is 0 Å². The van der Waals surface area contributed by atoms with Crippen molar-refractivity contribution in [3.8, 4) is 16.9 Å². The number of urea groups is 1. The second-order valence-electron chi connectivity index (χ2n) is 11.3. The maximum absolute atomic E-state index is 14.5. The molecule has 9 nitrogen and oxygen atoms in total. The van der Waals surface area contributed by atoms with Crippen molar-refractivity contribution in [2.75, 3.05) is 39.2 Å². The number of hydrogen-bond acceptors (Lipinski definition) is 5. The molecule has 4 aromatic rings. The number of carbonyl (C=O) groups excluding carboxylic acids is 2. The Morgan fingerprint density at radius 3 is 2.53 bits per heavy atom. The minimum atomic E-state index is -0.423. The van der Waals surface area contributed by atoms with Crippen molar-refractivity contribution < 1.29 is 24.2 Å². The Kier molecular flexibility index (Phi) is 9.03. The number of nitrogens with zero attached hydrogens (tertiary/aromatic N) is 3.